The zero-order chi connectivity index (χ0) is 19.9. The third-order valence-corrected chi connectivity index (χ3v) is 4.94. The minimum Gasteiger partial charge on any atom is -0.487 e. The third-order valence-electron chi connectivity index (χ3n) is 4.94. The number of carbonyl (C=O) groups excluding carboxylic acids is 1. The average Bonchev–Trinajstić information content (AvgIpc) is 3.19. The Bertz CT molecular complexity index is 917. The van der Waals surface area contributed by atoms with Gasteiger partial charge in [-0.2, -0.15) is 0 Å². The summed E-state index contributed by atoms with van der Waals surface area (Å²) in [5, 5.41) is 2.99. The smallest absolute Gasteiger partial charge is 0.251 e. The molecule has 3 aromatic rings. The summed E-state index contributed by atoms with van der Waals surface area (Å²) in [4.78, 5) is 19.3. The van der Waals surface area contributed by atoms with Crippen LogP contribution in [0.4, 0.5) is 0 Å². The molecule has 1 aliphatic heterocycles. The number of hydrogen-bond acceptors (Lipinski definition) is 5. The molecule has 29 heavy (non-hydrogen) atoms. The Balaban J connectivity index is 1.25. The van der Waals surface area contributed by atoms with Gasteiger partial charge in [-0.1, -0.05) is 12.1 Å². The molecule has 1 N–H and O–H groups in total. The van der Waals surface area contributed by atoms with Crippen LogP contribution in [0, 0.1) is 0 Å². The van der Waals surface area contributed by atoms with Crippen molar-refractivity contribution in [1.82, 2.24) is 19.6 Å². The van der Waals surface area contributed by atoms with Crippen molar-refractivity contribution in [2.75, 3.05) is 39.4 Å². The SMILES string of the molecule is O=C(NCCCN1CCOCC1)c1cccc(OCc2cn3ccccc3n2)c1. The topological polar surface area (TPSA) is 68.1 Å². The Labute approximate surface area is 170 Å². The van der Waals surface area contributed by atoms with E-state index < -0.39 is 0 Å². The Kier molecular flexibility index (Phi) is 6.38. The number of aromatic nitrogens is 2. The van der Waals surface area contributed by atoms with Gasteiger partial charge in [0, 0.05) is 37.6 Å². The highest BCUT2D eigenvalue weighted by molar-refractivity contribution is 5.94. The maximum absolute atomic E-state index is 12.4. The molecular formula is C22H26N4O3. The largest absolute Gasteiger partial charge is 0.487 e. The van der Waals surface area contributed by atoms with Gasteiger partial charge in [-0.05, 0) is 43.3 Å². The van der Waals surface area contributed by atoms with Crippen molar-refractivity contribution in [2.45, 2.75) is 13.0 Å². The number of pyridine rings is 1. The Morgan fingerprint density at radius 2 is 2.07 bits per heavy atom. The first-order valence-electron chi connectivity index (χ1n) is 10.0. The van der Waals surface area contributed by atoms with Crippen LogP contribution in [-0.4, -0.2) is 59.6 Å². The molecule has 1 amide bonds. The lowest BCUT2D eigenvalue weighted by Gasteiger charge is -2.26. The lowest BCUT2D eigenvalue weighted by Crippen LogP contribution is -2.38. The van der Waals surface area contributed by atoms with Gasteiger partial charge in [0.15, 0.2) is 0 Å². The van der Waals surface area contributed by atoms with Crippen molar-refractivity contribution in [3.63, 3.8) is 0 Å². The maximum atomic E-state index is 12.4. The quantitative estimate of drug-likeness (QED) is 0.594. The number of benzene rings is 1. The summed E-state index contributed by atoms with van der Waals surface area (Å²) in [5.41, 5.74) is 2.33. The molecule has 1 saturated heterocycles. The van der Waals surface area contributed by atoms with Crippen molar-refractivity contribution in [3.05, 3.63) is 66.1 Å². The summed E-state index contributed by atoms with van der Waals surface area (Å²) in [6.45, 7) is 5.53. The van der Waals surface area contributed by atoms with E-state index in [4.69, 9.17) is 9.47 Å². The van der Waals surface area contributed by atoms with E-state index in [2.05, 4.69) is 15.2 Å². The second kappa shape index (κ2) is 9.54. The number of imidazole rings is 1. The number of rotatable bonds is 8. The number of hydrogen-bond donors (Lipinski definition) is 1. The lowest BCUT2D eigenvalue weighted by molar-refractivity contribution is 0.0374. The van der Waals surface area contributed by atoms with Crippen LogP contribution in [0.2, 0.25) is 0 Å². The number of nitrogens with one attached hydrogen (secondary N) is 1. The molecule has 7 nitrogen and oxygen atoms in total. The predicted molar refractivity (Wildman–Crippen MR) is 110 cm³/mol. The molecule has 0 spiro atoms. The third kappa shape index (κ3) is 5.34. The summed E-state index contributed by atoms with van der Waals surface area (Å²) in [6.07, 6.45) is 4.83. The minimum absolute atomic E-state index is 0.0786. The highest BCUT2D eigenvalue weighted by atomic mass is 16.5. The molecule has 2 aromatic heterocycles. The van der Waals surface area contributed by atoms with Crippen LogP contribution < -0.4 is 10.1 Å². The van der Waals surface area contributed by atoms with Crippen molar-refractivity contribution in [1.29, 1.82) is 0 Å². The molecule has 4 rings (SSSR count). The monoisotopic (exact) mass is 394 g/mol. The molecule has 1 aliphatic rings. The fourth-order valence-corrected chi connectivity index (χ4v) is 3.37. The summed E-state index contributed by atoms with van der Waals surface area (Å²) in [6, 6.07) is 13.1. The molecule has 0 unspecified atom stereocenters. The van der Waals surface area contributed by atoms with E-state index in [0.717, 1.165) is 50.6 Å². The van der Waals surface area contributed by atoms with Crippen LogP contribution in [-0.2, 0) is 11.3 Å². The first kappa shape index (κ1) is 19.4. The Morgan fingerprint density at radius 3 is 2.93 bits per heavy atom. The van der Waals surface area contributed by atoms with Gasteiger partial charge in [0.2, 0.25) is 0 Å². The van der Waals surface area contributed by atoms with E-state index in [0.29, 0.717) is 24.5 Å². The fourth-order valence-electron chi connectivity index (χ4n) is 3.37. The molecule has 0 aliphatic carbocycles. The van der Waals surface area contributed by atoms with E-state index in [9.17, 15) is 4.79 Å². The van der Waals surface area contributed by atoms with Gasteiger partial charge in [-0.25, -0.2) is 4.98 Å². The number of morpholine rings is 1. The van der Waals surface area contributed by atoms with E-state index in [1.807, 2.05) is 47.1 Å². The van der Waals surface area contributed by atoms with Crippen LogP contribution in [0.3, 0.4) is 0 Å². The Morgan fingerprint density at radius 1 is 1.17 bits per heavy atom. The maximum Gasteiger partial charge on any atom is 0.251 e. The molecular weight excluding hydrogens is 368 g/mol. The van der Waals surface area contributed by atoms with E-state index in [1.165, 1.54) is 0 Å². The van der Waals surface area contributed by atoms with Crippen LogP contribution in [0.15, 0.2) is 54.9 Å². The summed E-state index contributed by atoms with van der Waals surface area (Å²) < 4.78 is 13.1. The highest BCUT2D eigenvalue weighted by Gasteiger charge is 2.11. The molecule has 7 heteroatoms. The Hall–Kier alpha value is -2.90. The van der Waals surface area contributed by atoms with E-state index in [-0.39, 0.29) is 5.91 Å². The van der Waals surface area contributed by atoms with Gasteiger partial charge in [0.25, 0.3) is 5.91 Å². The van der Waals surface area contributed by atoms with Crippen molar-refractivity contribution >= 4 is 11.6 Å². The van der Waals surface area contributed by atoms with E-state index >= 15 is 0 Å². The van der Waals surface area contributed by atoms with Gasteiger partial charge < -0.3 is 19.2 Å². The second-order valence-corrected chi connectivity index (χ2v) is 7.08. The minimum atomic E-state index is -0.0786. The number of fused-ring (bicyclic) bond motifs is 1. The number of carbonyl (C=O) groups is 1. The van der Waals surface area contributed by atoms with Gasteiger partial charge in [-0.15, -0.1) is 0 Å². The molecule has 0 radical (unpaired) electrons. The van der Waals surface area contributed by atoms with Crippen LogP contribution >= 0.6 is 0 Å². The van der Waals surface area contributed by atoms with Gasteiger partial charge in [0.1, 0.15) is 18.0 Å². The normalized spacial score (nSPS) is 14.8. The average molecular weight is 394 g/mol. The molecule has 0 saturated carbocycles. The number of amides is 1. The molecule has 1 aromatic carbocycles. The van der Waals surface area contributed by atoms with Crippen LogP contribution in [0.5, 0.6) is 5.75 Å². The first-order chi connectivity index (χ1) is 14.3. The highest BCUT2D eigenvalue weighted by Crippen LogP contribution is 2.15. The van der Waals surface area contributed by atoms with Crippen LogP contribution in [0.1, 0.15) is 22.5 Å². The summed E-state index contributed by atoms with van der Waals surface area (Å²) in [5.74, 6) is 0.577. The molecule has 0 bridgehead atoms. The van der Waals surface area contributed by atoms with Gasteiger partial charge >= 0.3 is 0 Å². The fraction of sp³-hybridized carbons (Fsp3) is 0.364. The van der Waals surface area contributed by atoms with Crippen LogP contribution in [0.25, 0.3) is 5.65 Å². The summed E-state index contributed by atoms with van der Waals surface area (Å²) >= 11 is 0. The van der Waals surface area contributed by atoms with Crippen molar-refractivity contribution in [3.8, 4) is 5.75 Å². The zero-order valence-corrected chi connectivity index (χ0v) is 16.4. The van der Waals surface area contributed by atoms with E-state index in [1.54, 1.807) is 12.1 Å². The lowest BCUT2D eigenvalue weighted by atomic mass is 10.2. The van der Waals surface area contributed by atoms with Crippen molar-refractivity contribution < 1.29 is 14.3 Å². The second-order valence-electron chi connectivity index (χ2n) is 7.08. The predicted octanol–water partition coefficient (Wildman–Crippen LogP) is 2.37. The molecule has 3 heterocycles. The molecule has 0 atom stereocenters. The van der Waals surface area contributed by atoms with Crippen molar-refractivity contribution in [2.24, 2.45) is 0 Å². The molecule has 152 valence electrons. The standard InChI is InChI=1S/C22H26N4O3/c27-22(23-8-4-9-25-11-13-28-14-12-25)18-5-3-6-20(15-18)29-17-19-16-26-10-2-1-7-21(26)24-19/h1-3,5-7,10,15-16H,4,8-9,11-14,17H2,(H,23,27). The first-order valence-corrected chi connectivity index (χ1v) is 10.0. The number of ether oxygens (including phenoxy) is 2. The zero-order valence-electron chi connectivity index (χ0n) is 16.4. The number of nitrogens with zero attached hydrogens (tertiary/aromatic N) is 3. The van der Waals surface area contributed by atoms with Gasteiger partial charge in [-0.3, -0.25) is 9.69 Å². The summed E-state index contributed by atoms with van der Waals surface area (Å²) in [7, 11) is 0. The van der Waals surface area contributed by atoms with Gasteiger partial charge in [0.05, 0.1) is 18.9 Å². The molecule has 1 fully saturated rings.